The van der Waals surface area contributed by atoms with Crippen LogP contribution in [0.1, 0.15) is 38.2 Å². The number of aryl methyl sites for hydroxylation is 1. The van der Waals surface area contributed by atoms with Crippen molar-refractivity contribution >= 4 is 11.4 Å². The molecule has 1 aromatic rings. The van der Waals surface area contributed by atoms with Crippen LogP contribution in [0.4, 0.5) is 11.4 Å². The Labute approximate surface area is 109 Å². The summed E-state index contributed by atoms with van der Waals surface area (Å²) in [6.07, 6.45) is 4.02. The van der Waals surface area contributed by atoms with Gasteiger partial charge in [-0.1, -0.05) is 13.0 Å². The van der Waals surface area contributed by atoms with Crippen LogP contribution in [0.15, 0.2) is 18.2 Å². The van der Waals surface area contributed by atoms with Crippen LogP contribution in [0.3, 0.4) is 0 Å². The Hall–Kier alpha value is -1.22. The minimum atomic E-state index is -0.552. The van der Waals surface area contributed by atoms with E-state index in [9.17, 15) is 5.11 Å². The second-order valence-corrected chi connectivity index (χ2v) is 5.83. The zero-order valence-electron chi connectivity index (χ0n) is 11.4. The van der Waals surface area contributed by atoms with Crippen molar-refractivity contribution in [3.63, 3.8) is 0 Å². The molecule has 0 aliphatic heterocycles. The molecule has 1 aliphatic carbocycles. The largest absolute Gasteiger partial charge is 0.399 e. The van der Waals surface area contributed by atoms with Crippen LogP contribution >= 0.6 is 0 Å². The molecule has 0 unspecified atom stereocenters. The molecule has 4 N–H and O–H groups in total. The number of benzene rings is 1. The highest BCUT2D eigenvalue weighted by Crippen LogP contribution is 2.32. The molecule has 3 nitrogen and oxygen atoms in total. The van der Waals surface area contributed by atoms with Crippen molar-refractivity contribution in [1.29, 1.82) is 0 Å². The van der Waals surface area contributed by atoms with Gasteiger partial charge >= 0.3 is 0 Å². The zero-order valence-corrected chi connectivity index (χ0v) is 11.4. The Kier molecular flexibility index (Phi) is 3.81. The fourth-order valence-electron chi connectivity index (χ4n) is 2.57. The van der Waals surface area contributed by atoms with Crippen LogP contribution in [-0.2, 0) is 0 Å². The number of hydrogen-bond acceptors (Lipinski definition) is 3. The minimum Gasteiger partial charge on any atom is -0.399 e. The van der Waals surface area contributed by atoms with E-state index >= 15 is 0 Å². The third-order valence-corrected chi connectivity index (χ3v) is 4.07. The van der Waals surface area contributed by atoms with Crippen LogP contribution in [0, 0.1) is 12.8 Å². The van der Waals surface area contributed by atoms with Gasteiger partial charge in [-0.05, 0) is 56.2 Å². The number of anilines is 2. The van der Waals surface area contributed by atoms with E-state index < -0.39 is 5.60 Å². The van der Waals surface area contributed by atoms with E-state index in [1.807, 2.05) is 18.2 Å². The highest BCUT2D eigenvalue weighted by atomic mass is 16.3. The molecular formula is C15H24N2O. The van der Waals surface area contributed by atoms with Gasteiger partial charge in [0.15, 0.2) is 0 Å². The molecule has 0 heterocycles. The number of aliphatic hydroxyl groups is 1. The highest BCUT2D eigenvalue weighted by Gasteiger charge is 2.31. The Morgan fingerprint density at radius 1 is 1.39 bits per heavy atom. The molecule has 3 heteroatoms. The molecule has 100 valence electrons. The summed E-state index contributed by atoms with van der Waals surface area (Å²) in [6, 6.07) is 5.84. The van der Waals surface area contributed by atoms with Gasteiger partial charge < -0.3 is 16.2 Å². The maximum absolute atomic E-state index is 10.5. The number of nitrogens with two attached hydrogens (primary N) is 1. The first-order valence-electron chi connectivity index (χ1n) is 6.81. The lowest BCUT2D eigenvalue weighted by atomic mass is 9.79. The van der Waals surface area contributed by atoms with Gasteiger partial charge in [-0.25, -0.2) is 0 Å². The van der Waals surface area contributed by atoms with E-state index in [4.69, 9.17) is 5.73 Å². The van der Waals surface area contributed by atoms with Gasteiger partial charge in [0.25, 0.3) is 0 Å². The predicted molar refractivity (Wildman–Crippen MR) is 76.7 cm³/mol. The second kappa shape index (κ2) is 5.19. The van der Waals surface area contributed by atoms with Crippen molar-refractivity contribution in [2.75, 3.05) is 17.6 Å². The highest BCUT2D eigenvalue weighted by molar-refractivity contribution is 5.59. The fraction of sp³-hybridized carbons (Fsp3) is 0.600. The van der Waals surface area contributed by atoms with Crippen molar-refractivity contribution in [2.24, 2.45) is 5.92 Å². The Morgan fingerprint density at radius 2 is 2.06 bits per heavy atom. The van der Waals surface area contributed by atoms with Gasteiger partial charge in [0, 0.05) is 17.9 Å². The topological polar surface area (TPSA) is 58.3 Å². The van der Waals surface area contributed by atoms with Crippen LogP contribution in [0.2, 0.25) is 0 Å². The lowest BCUT2D eigenvalue weighted by Crippen LogP contribution is -2.40. The lowest BCUT2D eigenvalue weighted by Gasteiger charge is -2.35. The normalized spacial score (nSPS) is 28.1. The Morgan fingerprint density at radius 3 is 2.72 bits per heavy atom. The summed E-state index contributed by atoms with van der Waals surface area (Å²) in [5.41, 5.74) is 8.18. The molecule has 1 aromatic carbocycles. The van der Waals surface area contributed by atoms with E-state index in [2.05, 4.69) is 19.2 Å². The predicted octanol–water partition coefficient (Wildman–Crippen LogP) is 2.93. The summed E-state index contributed by atoms with van der Waals surface area (Å²) >= 11 is 0. The lowest BCUT2D eigenvalue weighted by molar-refractivity contribution is 0.00501. The first-order valence-corrected chi connectivity index (χ1v) is 6.81. The van der Waals surface area contributed by atoms with Gasteiger partial charge in [0.1, 0.15) is 0 Å². The number of rotatable bonds is 3. The summed E-state index contributed by atoms with van der Waals surface area (Å²) in [7, 11) is 0. The molecule has 0 amide bonds. The molecule has 0 saturated heterocycles. The van der Waals surface area contributed by atoms with E-state index in [1.165, 1.54) is 0 Å². The van der Waals surface area contributed by atoms with E-state index in [1.54, 1.807) is 0 Å². The third-order valence-electron chi connectivity index (χ3n) is 4.07. The molecule has 0 spiro atoms. The molecule has 1 aliphatic rings. The molecule has 0 radical (unpaired) electrons. The summed E-state index contributed by atoms with van der Waals surface area (Å²) in [4.78, 5) is 0. The molecule has 1 saturated carbocycles. The first kappa shape index (κ1) is 13.2. The number of nitrogen functional groups attached to an aromatic ring is 1. The summed E-state index contributed by atoms with van der Waals surface area (Å²) in [5.74, 6) is 0.749. The quantitative estimate of drug-likeness (QED) is 0.721. The SMILES string of the molecule is Cc1ccc(N)cc1NCC1(O)CCC(C)CC1. The standard InChI is InChI=1S/C15H24N2O/c1-11-5-7-15(18,8-6-11)10-17-14-9-13(16)4-3-12(14)2/h3-4,9,11,17-18H,5-8,10,16H2,1-2H3. The fourth-order valence-corrected chi connectivity index (χ4v) is 2.57. The van der Waals surface area contributed by atoms with Gasteiger partial charge in [0.2, 0.25) is 0 Å². The molecule has 2 rings (SSSR count). The average Bonchev–Trinajstić information content (AvgIpc) is 2.35. The molecule has 18 heavy (non-hydrogen) atoms. The summed E-state index contributed by atoms with van der Waals surface area (Å²) in [6.45, 7) is 4.92. The van der Waals surface area contributed by atoms with Crippen LogP contribution in [0.25, 0.3) is 0 Å². The smallest absolute Gasteiger partial charge is 0.0819 e. The van der Waals surface area contributed by atoms with Crippen molar-refractivity contribution in [3.8, 4) is 0 Å². The van der Waals surface area contributed by atoms with Gasteiger partial charge in [-0.15, -0.1) is 0 Å². The zero-order chi connectivity index (χ0) is 13.2. The number of hydrogen-bond donors (Lipinski definition) is 3. The van der Waals surface area contributed by atoms with Crippen molar-refractivity contribution < 1.29 is 5.11 Å². The molecule has 0 aromatic heterocycles. The molecular weight excluding hydrogens is 224 g/mol. The maximum atomic E-state index is 10.5. The van der Waals surface area contributed by atoms with Crippen LogP contribution in [0.5, 0.6) is 0 Å². The van der Waals surface area contributed by atoms with Crippen LogP contribution in [-0.4, -0.2) is 17.3 Å². The van der Waals surface area contributed by atoms with E-state index in [-0.39, 0.29) is 0 Å². The average molecular weight is 248 g/mol. The van der Waals surface area contributed by atoms with E-state index in [0.29, 0.717) is 6.54 Å². The summed E-state index contributed by atoms with van der Waals surface area (Å²) < 4.78 is 0. The van der Waals surface area contributed by atoms with Gasteiger partial charge in [-0.2, -0.15) is 0 Å². The molecule has 0 bridgehead atoms. The van der Waals surface area contributed by atoms with Crippen molar-refractivity contribution in [1.82, 2.24) is 0 Å². The maximum Gasteiger partial charge on any atom is 0.0819 e. The monoisotopic (exact) mass is 248 g/mol. The second-order valence-electron chi connectivity index (χ2n) is 5.83. The van der Waals surface area contributed by atoms with Gasteiger partial charge in [0.05, 0.1) is 5.60 Å². The Bertz CT molecular complexity index is 409. The van der Waals surface area contributed by atoms with Crippen molar-refractivity contribution in [2.45, 2.75) is 45.1 Å². The summed E-state index contributed by atoms with van der Waals surface area (Å²) in [5, 5.41) is 13.9. The molecule has 0 atom stereocenters. The number of nitrogens with one attached hydrogen (secondary N) is 1. The molecule has 1 fully saturated rings. The Balaban J connectivity index is 1.96. The van der Waals surface area contributed by atoms with Crippen LogP contribution < -0.4 is 11.1 Å². The van der Waals surface area contributed by atoms with E-state index in [0.717, 1.165) is 48.5 Å². The first-order chi connectivity index (χ1) is 8.48. The van der Waals surface area contributed by atoms with Crippen molar-refractivity contribution in [3.05, 3.63) is 23.8 Å². The van der Waals surface area contributed by atoms with Gasteiger partial charge in [-0.3, -0.25) is 0 Å². The minimum absolute atomic E-state index is 0.552. The third kappa shape index (κ3) is 3.16.